The number of nitrogens with zero attached hydrogens (tertiary/aromatic N) is 3. The minimum Gasteiger partial charge on any atom is -0.473 e. The van der Waals surface area contributed by atoms with E-state index in [1.807, 2.05) is 0 Å². The highest BCUT2D eigenvalue weighted by molar-refractivity contribution is 5.93. The second-order valence-electron chi connectivity index (χ2n) is 5.52. The van der Waals surface area contributed by atoms with Gasteiger partial charge in [-0.2, -0.15) is 5.26 Å². The molecule has 0 bridgehead atoms. The summed E-state index contributed by atoms with van der Waals surface area (Å²) in [4.78, 5) is 31.8. The molecule has 7 heteroatoms. The number of hydrogen-bond donors (Lipinski definition) is 1. The number of aromatic nitrogens is 2. The molecular weight excluding hydrogens is 308 g/mol. The van der Waals surface area contributed by atoms with Gasteiger partial charge in [0.15, 0.2) is 0 Å². The van der Waals surface area contributed by atoms with Gasteiger partial charge in [-0.25, -0.2) is 4.98 Å². The molecule has 0 aliphatic carbocycles. The number of carbonyl (C=O) groups excluding carboxylic acids is 1. The molecule has 0 unspecified atom stereocenters. The van der Waals surface area contributed by atoms with Crippen molar-refractivity contribution in [3.63, 3.8) is 0 Å². The van der Waals surface area contributed by atoms with E-state index in [4.69, 9.17) is 10.00 Å². The molecule has 122 valence electrons. The Hall–Kier alpha value is -3.14. The van der Waals surface area contributed by atoms with Gasteiger partial charge in [0.25, 0.3) is 5.91 Å². The lowest BCUT2D eigenvalue weighted by Crippen LogP contribution is -2.42. The molecule has 24 heavy (non-hydrogen) atoms. The van der Waals surface area contributed by atoms with Crippen molar-refractivity contribution in [2.24, 2.45) is 0 Å². The molecule has 2 aromatic rings. The number of likely N-dealkylation sites (tertiary alicyclic amines) is 1. The number of H-pyrrole nitrogens is 1. The third-order valence-electron chi connectivity index (χ3n) is 3.93. The van der Waals surface area contributed by atoms with Gasteiger partial charge in [-0.3, -0.25) is 9.59 Å². The Morgan fingerprint density at radius 1 is 1.33 bits per heavy atom. The summed E-state index contributed by atoms with van der Waals surface area (Å²) >= 11 is 0. The van der Waals surface area contributed by atoms with Crippen molar-refractivity contribution in [1.29, 1.82) is 5.26 Å². The van der Waals surface area contributed by atoms with Crippen LogP contribution >= 0.6 is 0 Å². The van der Waals surface area contributed by atoms with Crippen molar-refractivity contribution in [2.45, 2.75) is 18.9 Å². The highest BCUT2D eigenvalue weighted by Crippen LogP contribution is 2.21. The molecule has 1 amide bonds. The van der Waals surface area contributed by atoms with Crippen LogP contribution in [0.1, 0.15) is 28.8 Å². The van der Waals surface area contributed by atoms with Crippen molar-refractivity contribution in [3.05, 3.63) is 58.1 Å². The molecule has 1 aliphatic rings. The van der Waals surface area contributed by atoms with Crippen molar-refractivity contribution >= 4 is 5.91 Å². The second kappa shape index (κ2) is 6.96. The molecule has 1 saturated heterocycles. The number of pyridine rings is 2. The molecule has 3 rings (SSSR count). The molecule has 0 saturated carbocycles. The summed E-state index contributed by atoms with van der Waals surface area (Å²) in [5, 5.41) is 9.06. The van der Waals surface area contributed by atoms with E-state index in [9.17, 15) is 9.59 Å². The van der Waals surface area contributed by atoms with Crippen LogP contribution in [-0.2, 0) is 0 Å². The van der Waals surface area contributed by atoms with Crippen LogP contribution in [0.15, 0.2) is 41.5 Å². The van der Waals surface area contributed by atoms with Crippen LogP contribution < -0.4 is 10.3 Å². The van der Waals surface area contributed by atoms with Gasteiger partial charge in [-0.05, 0) is 18.2 Å². The Morgan fingerprint density at radius 3 is 2.79 bits per heavy atom. The van der Waals surface area contributed by atoms with Gasteiger partial charge in [0, 0.05) is 44.4 Å². The van der Waals surface area contributed by atoms with E-state index in [0.717, 1.165) is 0 Å². The molecule has 0 spiro atoms. The van der Waals surface area contributed by atoms with Crippen molar-refractivity contribution in [1.82, 2.24) is 14.9 Å². The van der Waals surface area contributed by atoms with E-state index in [1.54, 1.807) is 23.2 Å². The Kier molecular flexibility index (Phi) is 4.57. The van der Waals surface area contributed by atoms with E-state index in [2.05, 4.69) is 16.0 Å². The largest absolute Gasteiger partial charge is 0.473 e. The monoisotopic (exact) mass is 324 g/mol. The number of nitrogens with one attached hydrogen (secondary N) is 1. The Bertz CT molecular complexity index is 812. The number of carbonyl (C=O) groups is 1. The van der Waals surface area contributed by atoms with Crippen LogP contribution in [0.5, 0.6) is 5.88 Å². The highest BCUT2D eigenvalue weighted by Gasteiger charge is 2.25. The van der Waals surface area contributed by atoms with Crippen molar-refractivity contribution < 1.29 is 9.53 Å². The van der Waals surface area contributed by atoms with E-state index in [-0.39, 0.29) is 17.6 Å². The van der Waals surface area contributed by atoms with Gasteiger partial charge >= 0.3 is 0 Å². The molecule has 0 aromatic carbocycles. The van der Waals surface area contributed by atoms with Crippen LogP contribution in [0, 0.1) is 11.3 Å². The summed E-state index contributed by atoms with van der Waals surface area (Å²) in [6.45, 7) is 1.11. The lowest BCUT2D eigenvalue weighted by atomic mass is 10.1. The fourth-order valence-corrected chi connectivity index (χ4v) is 2.63. The zero-order valence-corrected chi connectivity index (χ0v) is 12.9. The molecule has 3 heterocycles. The first kappa shape index (κ1) is 15.7. The maximum atomic E-state index is 12.4. The molecular formula is C17H16N4O3. The summed E-state index contributed by atoms with van der Waals surface area (Å²) in [6.07, 6.45) is 4.27. The maximum Gasteiger partial charge on any atom is 0.255 e. The Balaban J connectivity index is 1.59. The zero-order valence-electron chi connectivity index (χ0n) is 12.9. The first-order valence-electron chi connectivity index (χ1n) is 7.67. The summed E-state index contributed by atoms with van der Waals surface area (Å²) in [7, 11) is 0. The van der Waals surface area contributed by atoms with Crippen molar-refractivity contribution in [3.8, 4) is 11.9 Å². The lowest BCUT2D eigenvalue weighted by molar-refractivity contribution is 0.0587. The first-order chi connectivity index (χ1) is 11.7. The number of nitriles is 1. The third-order valence-corrected chi connectivity index (χ3v) is 3.93. The predicted octanol–water partition coefficient (Wildman–Crippen LogP) is 1.33. The van der Waals surface area contributed by atoms with E-state index < -0.39 is 0 Å². The highest BCUT2D eigenvalue weighted by atomic mass is 16.5. The minimum absolute atomic E-state index is 0.0772. The number of amides is 1. The molecule has 1 N–H and O–H groups in total. The van der Waals surface area contributed by atoms with Crippen LogP contribution in [-0.4, -0.2) is 40.0 Å². The molecule has 0 atom stereocenters. The number of aromatic amines is 1. The van der Waals surface area contributed by atoms with Gasteiger partial charge < -0.3 is 14.6 Å². The van der Waals surface area contributed by atoms with Crippen LogP contribution in [0.2, 0.25) is 0 Å². The fraction of sp³-hybridized carbons (Fsp3) is 0.294. The average molecular weight is 324 g/mol. The van der Waals surface area contributed by atoms with E-state index in [0.29, 0.717) is 42.9 Å². The quantitative estimate of drug-likeness (QED) is 0.918. The molecule has 7 nitrogen and oxygen atoms in total. The third kappa shape index (κ3) is 3.43. The number of ether oxygens (including phenoxy) is 1. The molecule has 1 fully saturated rings. The van der Waals surface area contributed by atoms with Crippen molar-refractivity contribution in [2.75, 3.05) is 13.1 Å². The molecule has 0 radical (unpaired) electrons. The topological polar surface area (TPSA) is 99.1 Å². The number of hydrogen-bond acceptors (Lipinski definition) is 5. The standard InChI is InChI=1S/C17H16N4O3/c18-10-12-2-1-7-19-16(12)24-14-5-8-21(9-6-14)17(23)13-3-4-15(22)20-11-13/h1-4,7,11,14H,5-6,8-9H2,(H,20,22). The number of rotatable bonds is 3. The lowest BCUT2D eigenvalue weighted by Gasteiger charge is -2.32. The van der Waals surface area contributed by atoms with Gasteiger partial charge in [0.05, 0.1) is 5.56 Å². The van der Waals surface area contributed by atoms with Crippen LogP contribution in [0.4, 0.5) is 0 Å². The second-order valence-corrected chi connectivity index (χ2v) is 5.52. The minimum atomic E-state index is -0.234. The van der Waals surface area contributed by atoms with Crippen LogP contribution in [0.3, 0.4) is 0 Å². The average Bonchev–Trinajstić information content (AvgIpc) is 2.63. The van der Waals surface area contributed by atoms with Crippen LogP contribution in [0.25, 0.3) is 0 Å². The van der Waals surface area contributed by atoms with Gasteiger partial charge in [-0.15, -0.1) is 0 Å². The Labute approximate surface area is 138 Å². The number of piperidine rings is 1. The first-order valence-corrected chi connectivity index (χ1v) is 7.67. The fourth-order valence-electron chi connectivity index (χ4n) is 2.63. The normalized spacial score (nSPS) is 14.9. The summed E-state index contributed by atoms with van der Waals surface area (Å²) < 4.78 is 5.81. The zero-order chi connectivity index (χ0) is 16.9. The summed E-state index contributed by atoms with van der Waals surface area (Å²) in [6, 6.07) is 8.28. The SMILES string of the molecule is N#Cc1cccnc1OC1CCN(C(=O)c2ccc(=O)[nH]c2)CC1. The summed E-state index contributed by atoms with van der Waals surface area (Å²) in [5.74, 6) is 0.227. The predicted molar refractivity (Wildman–Crippen MR) is 85.6 cm³/mol. The molecule has 1 aliphatic heterocycles. The van der Waals surface area contributed by atoms with E-state index >= 15 is 0 Å². The van der Waals surface area contributed by atoms with Gasteiger partial charge in [-0.1, -0.05) is 0 Å². The molecule has 2 aromatic heterocycles. The van der Waals surface area contributed by atoms with Gasteiger partial charge in [0.1, 0.15) is 17.7 Å². The van der Waals surface area contributed by atoms with E-state index in [1.165, 1.54) is 18.3 Å². The maximum absolute atomic E-state index is 12.4. The smallest absolute Gasteiger partial charge is 0.255 e. The summed E-state index contributed by atoms with van der Waals surface area (Å²) in [5.41, 5.74) is 0.636. The van der Waals surface area contributed by atoms with Gasteiger partial charge in [0.2, 0.25) is 11.4 Å². The Morgan fingerprint density at radius 2 is 2.12 bits per heavy atom.